The Bertz CT molecular complexity index is 7180. The van der Waals surface area contributed by atoms with E-state index in [0.717, 1.165) is 0 Å². The van der Waals surface area contributed by atoms with Crippen molar-refractivity contribution in [1.29, 1.82) is 0 Å². The fourth-order valence-corrected chi connectivity index (χ4v) is 21.2. The highest BCUT2D eigenvalue weighted by Crippen LogP contribution is 2.51. The molecule has 4 heteroatoms. The highest BCUT2D eigenvalue weighted by molar-refractivity contribution is 7.27. The monoisotopic (exact) mass is 1360 g/mol. The minimum absolute atomic E-state index is 1.25. The van der Waals surface area contributed by atoms with Gasteiger partial charge < -0.3 is 0 Å². The Morgan fingerprint density at radius 2 is 0.363 bits per heavy atom. The number of rotatable bonds is 6. The maximum absolute atomic E-state index is 2.43. The van der Waals surface area contributed by atoms with Gasteiger partial charge in [-0.25, -0.2) is 0 Å². The van der Waals surface area contributed by atoms with Gasteiger partial charge in [0, 0.05) is 80.7 Å². The van der Waals surface area contributed by atoms with Crippen LogP contribution in [0.25, 0.3) is 212 Å². The summed E-state index contributed by atoms with van der Waals surface area (Å²) in [6.07, 6.45) is 0. The van der Waals surface area contributed by atoms with Crippen LogP contribution in [-0.2, 0) is 0 Å². The summed E-state index contributed by atoms with van der Waals surface area (Å²) < 4.78 is 10.7. The minimum Gasteiger partial charge on any atom is -0.135 e. The summed E-state index contributed by atoms with van der Waals surface area (Å²) in [7, 11) is 0. The van der Waals surface area contributed by atoms with E-state index >= 15 is 0 Å². The van der Waals surface area contributed by atoms with Gasteiger partial charge in [-0.05, 0) is 230 Å². The molecule has 0 atom stereocenters. The van der Waals surface area contributed by atoms with E-state index in [-0.39, 0.29) is 0 Å². The van der Waals surface area contributed by atoms with Crippen LogP contribution in [0.3, 0.4) is 0 Å². The summed E-state index contributed by atoms with van der Waals surface area (Å²) in [5.41, 5.74) is 17.9. The van der Waals surface area contributed by atoms with Crippen molar-refractivity contribution >= 4 is 191 Å². The van der Waals surface area contributed by atoms with Crippen molar-refractivity contribution < 1.29 is 0 Å². The predicted molar refractivity (Wildman–Crippen MR) is 452 cm³/mol. The summed E-state index contributed by atoms with van der Waals surface area (Å²) >= 11 is 7.51. The quantitative estimate of drug-likeness (QED) is 0.146. The third-order valence-electron chi connectivity index (χ3n) is 21.5. The molecule has 22 rings (SSSR count). The molecule has 0 spiro atoms. The number of fused-ring (bicyclic) bond motifs is 18. The SMILES string of the molecule is Cc1ccc2sc3ccc(-c4ccc(-c5c6ccccc6c(-c6ccc7sc8ccc(C)cc8c7c6)c6ccccc56)c5ccccc45)cc3c2c1.c1ccc2c(c1)sc1ccc(-c3ccc(-c4c5ccccc5c(-c5ccc6sc7ccccc7c6c5)c5ccccc45)c4ccccc34)cc12. The number of hydrogen-bond donors (Lipinski definition) is 0. The van der Waals surface area contributed by atoms with E-state index in [1.54, 1.807) is 0 Å². The first-order valence-electron chi connectivity index (χ1n) is 35.0. The third kappa shape index (κ3) is 9.37. The summed E-state index contributed by atoms with van der Waals surface area (Å²) in [5.74, 6) is 0. The van der Waals surface area contributed by atoms with Crippen LogP contribution in [0.1, 0.15) is 11.1 Å². The van der Waals surface area contributed by atoms with Crippen molar-refractivity contribution in [2.24, 2.45) is 0 Å². The van der Waals surface area contributed by atoms with Crippen LogP contribution in [0, 0.1) is 13.8 Å². The normalized spacial score (nSPS) is 12.0. The third-order valence-corrected chi connectivity index (χ3v) is 26.1. The van der Waals surface area contributed by atoms with Gasteiger partial charge in [-0.1, -0.05) is 254 Å². The molecule has 0 aliphatic heterocycles. The molecule has 0 radical (unpaired) electrons. The summed E-state index contributed by atoms with van der Waals surface area (Å²) in [6.45, 7) is 4.37. The van der Waals surface area contributed by atoms with Gasteiger partial charge in [0.25, 0.3) is 0 Å². The van der Waals surface area contributed by atoms with Gasteiger partial charge in [0.05, 0.1) is 0 Å². The Morgan fingerprint density at radius 1 is 0.147 bits per heavy atom. The molecule has 0 nitrogen and oxygen atoms in total. The Kier molecular flexibility index (Phi) is 13.7. The van der Waals surface area contributed by atoms with Gasteiger partial charge in [0.15, 0.2) is 0 Å². The van der Waals surface area contributed by atoms with Crippen LogP contribution in [0.2, 0.25) is 0 Å². The van der Waals surface area contributed by atoms with Crippen LogP contribution in [0.5, 0.6) is 0 Å². The molecule has 0 saturated heterocycles. The molecule has 0 saturated carbocycles. The summed E-state index contributed by atoms with van der Waals surface area (Å²) in [4.78, 5) is 0. The Morgan fingerprint density at radius 3 is 0.696 bits per heavy atom. The van der Waals surface area contributed by atoms with Crippen LogP contribution in [0.15, 0.2) is 328 Å². The fourth-order valence-electron chi connectivity index (χ4n) is 16.9. The van der Waals surface area contributed by atoms with Gasteiger partial charge in [-0.15, -0.1) is 45.3 Å². The second kappa shape index (κ2) is 23.5. The second-order valence-electron chi connectivity index (χ2n) is 27.3. The number of hydrogen-bond acceptors (Lipinski definition) is 4. The zero-order valence-electron chi connectivity index (χ0n) is 55.8. The molecule has 102 heavy (non-hydrogen) atoms. The number of benzene rings is 18. The first-order chi connectivity index (χ1) is 50.4. The molecule has 0 N–H and O–H groups in total. The van der Waals surface area contributed by atoms with E-state index in [9.17, 15) is 0 Å². The molecule has 0 fully saturated rings. The van der Waals surface area contributed by atoms with Gasteiger partial charge in [0.2, 0.25) is 0 Å². The highest BCUT2D eigenvalue weighted by atomic mass is 32.1. The zero-order valence-corrected chi connectivity index (χ0v) is 59.1. The molecule has 4 heterocycles. The number of thiophene rings is 4. The van der Waals surface area contributed by atoms with E-state index in [4.69, 9.17) is 0 Å². The molecule has 0 amide bonds. The fraction of sp³-hybridized carbons (Fsp3) is 0.0204. The Hall–Kier alpha value is -11.6. The van der Waals surface area contributed by atoms with Crippen LogP contribution >= 0.6 is 45.3 Å². The van der Waals surface area contributed by atoms with Crippen molar-refractivity contribution in [1.82, 2.24) is 0 Å². The van der Waals surface area contributed by atoms with E-state index in [0.29, 0.717) is 0 Å². The average Bonchev–Trinajstić information content (AvgIpc) is 1.09. The lowest BCUT2D eigenvalue weighted by Crippen LogP contribution is -1.92. The predicted octanol–water partition coefficient (Wildman–Crippen LogP) is 30.4. The lowest BCUT2D eigenvalue weighted by Gasteiger charge is -2.20. The highest BCUT2D eigenvalue weighted by Gasteiger charge is 2.23. The van der Waals surface area contributed by atoms with Gasteiger partial charge in [-0.3, -0.25) is 0 Å². The standard InChI is InChI=1S/C50H32S2.C48H28S2/c1-29-15-21-45-41(25-29)43-27-31(17-23-47(43)51-45)33-19-20-40(35-10-4-3-9-34(33)35)50-38-13-7-5-11-36(38)49(37-12-6-8-14-39(37)50)32-18-24-48-44(28-32)42-26-30(2)16-22-46(42)52-48;1-2-12-33-32(11-1)31(29-21-25-45-41(27-29)34-13-7-9-19-43(34)49-45)23-24-40(33)48-38-17-5-3-15-36(38)47(37-16-4-6-18-39(37)48)30-22-26-46-42(28-30)35-14-8-10-20-44(35)50-46/h3-28H,1-2H3;1-28H. The molecular formula is C98H60S4. The van der Waals surface area contributed by atoms with Crippen molar-refractivity contribution in [2.45, 2.75) is 13.8 Å². The molecule has 0 aliphatic carbocycles. The van der Waals surface area contributed by atoms with Crippen LogP contribution in [0.4, 0.5) is 0 Å². The van der Waals surface area contributed by atoms with E-state index in [1.165, 1.54) is 223 Å². The van der Waals surface area contributed by atoms with Crippen molar-refractivity contribution in [3.05, 3.63) is 339 Å². The second-order valence-corrected chi connectivity index (χ2v) is 31.7. The van der Waals surface area contributed by atoms with Gasteiger partial charge in [0.1, 0.15) is 0 Å². The Labute approximate surface area is 605 Å². The molecular weight excluding hydrogens is 1310 g/mol. The zero-order chi connectivity index (χ0) is 67.3. The molecule has 0 unspecified atom stereocenters. The molecule has 0 aliphatic rings. The van der Waals surface area contributed by atoms with E-state index in [1.807, 2.05) is 45.3 Å². The van der Waals surface area contributed by atoms with Crippen molar-refractivity contribution in [2.75, 3.05) is 0 Å². The first kappa shape index (κ1) is 59.3. The lowest BCUT2D eigenvalue weighted by molar-refractivity contribution is 1.52. The van der Waals surface area contributed by atoms with E-state index < -0.39 is 0 Å². The molecule has 22 aromatic rings. The van der Waals surface area contributed by atoms with Crippen LogP contribution in [-0.4, -0.2) is 0 Å². The number of aryl methyl sites for hydroxylation is 2. The smallest absolute Gasteiger partial charge is 0.0355 e. The van der Waals surface area contributed by atoms with E-state index in [2.05, 4.69) is 341 Å². The lowest BCUT2D eigenvalue weighted by atomic mass is 9.83. The first-order valence-corrected chi connectivity index (χ1v) is 38.3. The largest absolute Gasteiger partial charge is 0.135 e. The molecule has 4 aromatic heterocycles. The average molecular weight is 1370 g/mol. The van der Waals surface area contributed by atoms with Gasteiger partial charge >= 0.3 is 0 Å². The Balaban J connectivity index is 0.000000133. The molecule has 18 aromatic carbocycles. The van der Waals surface area contributed by atoms with Crippen molar-refractivity contribution in [3.63, 3.8) is 0 Å². The molecule has 476 valence electrons. The maximum atomic E-state index is 2.43. The maximum Gasteiger partial charge on any atom is 0.0355 e. The van der Waals surface area contributed by atoms with Crippen LogP contribution < -0.4 is 0 Å². The molecule has 0 bridgehead atoms. The summed E-state index contributed by atoms with van der Waals surface area (Å²) in [5, 5.41) is 26.0. The van der Waals surface area contributed by atoms with Gasteiger partial charge in [-0.2, -0.15) is 0 Å². The summed E-state index contributed by atoms with van der Waals surface area (Å²) in [6, 6.07) is 123. The van der Waals surface area contributed by atoms with Crippen molar-refractivity contribution in [3.8, 4) is 66.8 Å². The minimum atomic E-state index is 1.25. The topological polar surface area (TPSA) is 0 Å².